The van der Waals surface area contributed by atoms with Gasteiger partial charge >= 0.3 is 0 Å². The third kappa shape index (κ3) is 6.22. The molecule has 3 heteroatoms. The SMILES string of the molecule is CC1(C)c2ccccc2-c2cc3c4ccccc4n(-c4ccc(-c5ccc6c(c5)C(C)(C)c5cc(-c7ccc(-n8c9c(c%10ccccc%108)C=C8c%10ccccc%10C(C)(C)C8C9)cc7)ccc5N6c5ccccc5)cc4)c3cc21. The van der Waals surface area contributed by atoms with E-state index < -0.39 is 0 Å². The molecule has 3 heterocycles. The second-order valence-electron chi connectivity index (χ2n) is 24.1. The smallest absolute Gasteiger partial charge is 0.0544 e. The largest absolute Gasteiger partial charge is 0.313 e. The predicted molar refractivity (Wildman–Crippen MR) is 327 cm³/mol. The summed E-state index contributed by atoms with van der Waals surface area (Å²) in [6.45, 7) is 14.5. The Morgan fingerprint density at radius 2 is 0.885 bits per heavy atom. The van der Waals surface area contributed by atoms with Gasteiger partial charge in [-0.05, 0) is 181 Å². The van der Waals surface area contributed by atoms with Crippen molar-refractivity contribution >= 4 is 61.4 Å². The number of allylic oxidation sites excluding steroid dienone is 1. The lowest BCUT2D eigenvalue weighted by atomic mass is 9.72. The third-order valence-electron chi connectivity index (χ3n) is 19.0. The lowest BCUT2D eigenvalue weighted by molar-refractivity contribution is 0.405. The minimum atomic E-state index is -0.304. The predicted octanol–water partition coefficient (Wildman–Crippen LogP) is 19.5. The Morgan fingerprint density at radius 1 is 0.359 bits per heavy atom. The molecule has 2 aromatic heterocycles. The van der Waals surface area contributed by atoms with E-state index >= 15 is 0 Å². The molecule has 10 aromatic carbocycles. The standard InChI is InChI=1S/C75H59N3/c1-73(2)61-24-14-10-20-53(61)57-42-59-55-22-12-16-26-67(55)76(71(59)44-63(57)73)51-34-28-46(29-35-51)48-32-38-69-65(40-48)75(5,6)66-41-49(33-39-70(66)78(69)50-18-8-7-9-19-50)47-30-36-52(37-31-47)77-68-27-17-13-23-56(68)60-43-58-54-21-11-15-25-62(54)74(3,4)64(58)45-72(60)77/h7-44,64H,45H2,1-6H3. The van der Waals surface area contributed by atoms with Gasteiger partial charge in [0.05, 0.1) is 27.9 Å². The van der Waals surface area contributed by atoms with E-state index in [2.05, 4.69) is 286 Å². The van der Waals surface area contributed by atoms with Crippen molar-refractivity contribution in [1.29, 1.82) is 0 Å². The summed E-state index contributed by atoms with van der Waals surface area (Å²) in [7, 11) is 0. The van der Waals surface area contributed by atoms with Crippen LogP contribution in [0.3, 0.4) is 0 Å². The molecule has 1 unspecified atom stereocenters. The number of para-hydroxylation sites is 3. The maximum Gasteiger partial charge on any atom is 0.0544 e. The maximum absolute atomic E-state index is 2.55. The van der Waals surface area contributed by atoms with Crippen molar-refractivity contribution < 1.29 is 0 Å². The number of rotatable bonds is 5. The fourth-order valence-electron chi connectivity index (χ4n) is 14.9. The van der Waals surface area contributed by atoms with Crippen LogP contribution in [-0.2, 0) is 22.7 Å². The van der Waals surface area contributed by atoms with Gasteiger partial charge < -0.3 is 14.0 Å². The average molecular weight is 1000 g/mol. The van der Waals surface area contributed by atoms with Crippen LogP contribution in [-0.4, -0.2) is 9.13 Å². The molecule has 78 heavy (non-hydrogen) atoms. The molecule has 0 bridgehead atoms. The molecule has 0 spiro atoms. The lowest BCUT2D eigenvalue weighted by Gasteiger charge is -2.42. The van der Waals surface area contributed by atoms with Crippen molar-refractivity contribution in [2.45, 2.75) is 64.2 Å². The normalized spacial score (nSPS) is 16.8. The Kier molecular flexibility index (Phi) is 9.33. The maximum atomic E-state index is 2.55. The van der Waals surface area contributed by atoms with E-state index in [0.29, 0.717) is 5.92 Å². The van der Waals surface area contributed by atoms with Crippen molar-refractivity contribution in [1.82, 2.24) is 9.13 Å². The molecule has 16 rings (SSSR count). The van der Waals surface area contributed by atoms with Gasteiger partial charge in [0.15, 0.2) is 0 Å². The van der Waals surface area contributed by atoms with Gasteiger partial charge in [-0.15, -0.1) is 0 Å². The van der Waals surface area contributed by atoms with Gasteiger partial charge in [-0.1, -0.05) is 181 Å². The first-order chi connectivity index (χ1) is 37.9. The Bertz CT molecular complexity index is 4540. The molecule has 0 amide bonds. The van der Waals surface area contributed by atoms with E-state index in [9.17, 15) is 0 Å². The van der Waals surface area contributed by atoms with Gasteiger partial charge in [0.25, 0.3) is 0 Å². The second kappa shape index (κ2) is 16.1. The highest BCUT2D eigenvalue weighted by Crippen LogP contribution is 2.57. The number of anilines is 3. The number of aromatic nitrogens is 2. The third-order valence-corrected chi connectivity index (χ3v) is 19.0. The van der Waals surface area contributed by atoms with E-state index in [0.717, 1.165) is 17.8 Å². The zero-order chi connectivity index (χ0) is 52.4. The summed E-state index contributed by atoms with van der Waals surface area (Å²) < 4.78 is 5.02. The van der Waals surface area contributed by atoms with Gasteiger partial charge in [0.2, 0.25) is 0 Å². The summed E-state index contributed by atoms with van der Waals surface area (Å²) in [5.41, 5.74) is 29.5. The quantitative estimate of drug-likeness (QED) is 0.167. The first-order valence-corrected chi connectivity index (χ1v) is 27.9. The molecule has 1 aliphatic heterocycles. The topological polar surface area (TPSA) is 13.1 Å². The van der Waals surface area contributed by atoms with Crippen LogP contribution in [0, 0.1) is 5.92 Å². The summed E-state index contributed by atoms with van der Waals surface area (Å²) in [5, 5.41) is 3.90. The number of benzene rings is 10. The first-order valence-electron chi connectivity index (χ1n) is 27.9. The summed E-state index contributed by atoms with van der Waals surface area (Å²) in [5.74, 6) is 0.423. The van der Waals surface area contributed by atoms with Crippen LogP contribution in [0.2, 0.25) is 0 Å². The molecule has 0 saturated carbocycles. The van der Waals surface area contributed by atoms with Crippen molar-refractivity contribution in [3.05, 3.63) is 269 Å². The zero-order valence-electron chi connectivity index (χ0n) is 45.1. The van der Waals surface area contributed by atoms with Gasteiger partial charge in [-0.3, -0.25) is 0 Å². The molecular formula is C75H59N3. The summed E-state index contributed by atoms with van der Waals surface area (Å²) >= 11 is 0. The number of fused-ring (bicyclic) bond motifs is 14. The molecule has 1 atom stereocenters. The van der Waals surface area contributed by atoms with Gasteiger partial charge in [0, 0.05) is 55.3 Å². The highest BCUT2D eigenvalue weighted by molar-refractivity contribution is 6.12. The van der Waals surface area contributed by atoms with Crippen LogP contribution in [0.1, 0.15) is 86.2 Å². The van der Waals surface area contributed by atoms with Crippen molar-refractivity contribution in [2.24, 2.45) is 5.92 Å². The van der Waals surface area contributed by atoms with E-state index in [-0.39, 0.29) is 16.2 Å². The molecular weight excluding hydrogens is 943 g/mol. The summed E-state index contributed by atoms with van der Waals surface area (Å²) in [4.78, 5) is 2.47. The molecule has 374 valence electrons. The van der Waals surface area contributed by atoms with Crippen LogP contribution >= 0.6 is 0 Å². The van der Waals surface area contributed by atoms with Crippen molar-refractivity contribution in [2.75, 3.05) is 4.90 Å². The molecule has 0 fully saturated rings. The van der Waals surface area contributed by atoms with Crippen LogP contribution in [0.5, 0.6) is 0 Å². The molecule has 0 N–H and O–H groups in total. The van der Waals surface area contributed by atoms with Crippen LogP contribution in [0.4, 0.5) is 17.1 Å². The monoisotopic (exact) mass is 1000 g/mol. The summed E-state index contributed by atoms with van der Waals surface area (Å²) in [6.07, 6.45) is 3.52. The second-order valence-corrected chi connectivity index (χ2v) is 24.1. The summed E-state index contributed by atoms with van der Waals surface area (Å²) in [6, 6.07) is 84.6. The minimum absolute atomic E-state index is 0.0537. The van der Waals surface area contributed by atoms with E-state index in [4.69, 9.17) is 0 Å². The van der Waals surface area contributed by atoms with Gasteiger partial charge in [-0.25, -0.2) is 0 Å². The van der Waals surface area contributed by atoms with Crippen LogP contribution < -0.4 is 4.90 Å². The molecule has 0 saturated heterocycles. The molecule has 4 aliphatic rings. The van der Waals surface area contributed by atoms with E-state index in [1.165, 1.54) is 133 Å². The van der Waals surface area contributed by atoms with E-state index in [1.54, 1.807) is 0 Å². The fraction of sp³-hybridized carbons (Fsp3) is 0.147. The number of hydrogen-bond acceptors (Lipinski definition) is 1. The highest BCUT2D eigenvalue weighted by Gasteiger charge is 2.45. The average Bonchev–Trinajstić information content (AvgIpc) is 4.00. The zero-order valence-corrected chi connectivity index (χ0v) is 45.1. The van der Waals surface area contributed by atoms with Crippen LogP contribution in [0.15, 0.2) is 224 Å². The van der Waals surface area contributed by atoms with Crippen LogP contribution in [0.25, 0.3) is 89.1 Å². The van der Waals surface area contributed by atoms with Crippen molar-refractivity contribution in [3.8, 4) is 44.8 Å². The Morgan fingerprint density at radius 3 is 1.55 bits per heavy atom. The fourth-order valence-corrected chi connectivity index (χ4v) is 14.9. The van der Waals surface area contributed by atoms with E-state index in [1.807, 2.05) is 0 Å². The minimum Gasteiger partial charge on any atom is -0.313 e. The van der Waals surface area contributed by atoms with Crippen molar-refractivity contribution in [3.63, 3.8) is 0 Å². The Balaban J connectivity index is 0.762. The number of nitrogens with zero attached hydrogens (tertiary/aromatic N) is 3. The molecule has 0 radical (unpaired) electrons. The Labute approximate surface area is 457 Å². The number of hydrogen-bond donors (Lipinski definition) is 0. The Hall–Kier alpha value is -8.92. The molecule has 3 aliphatic carbocycles. The first kappa shape index (κ1) is 45.3. The lowest BCUT2D eigenvalue weighted by Crippen LogP contribution is -2.30. The molecule has 12 aromatic rings. The van der Waals surface area contributed by atoms with Gasteiger partial charge in [-0.2, -0.15) is 0 Å². The van der Waals surface area contributed by atoms with Gasteiger partial charge in [0.1, 0.15) is 0 Å². The molecule has 3 nitrogen and oxygen atoms in total. The highest BCUT2D eigenvalue weighted by atomic mass is 15.2.